The fourth-order valence-electron chi connectivity index (χ4n) is 0.711. The van der Waals surface area contributed by atoms with E-state index < -0.39 is 0 Å². The highest BCUT2D eigenvalue weighted by Gasteiger charge is 1.87. The van der Waals surface area contributed by atoms with Crippen LogP contribution in [-0.4, -0.2) is 14.6 Å². The predicted octanol–water partition coefficient (Wildman–Crippen LogP) is 0.529. The topological polar surface area (TPSA) is 30.2 Å². The van der Waals surface area contributed by atoms with Gasteiger partial charge in [-0.2, -0.15) is 5.10 Å². The summed E-state index contributed by atoms with van der Waals surface area (Å²) in [5.74, 6) is 0. The van der Waals surface area contributed by atoms with Crippen LogP contribution in [0.1, 0.15) is 0 Å². The molecule has 0 saturated carbocycles. The molecule has 0 amide bonds. The second kappa shape index (κ2) is 1.55. The Hall–Kier alpha value is -1.38. The van der Waals surface area contributed by atoms with Crippen LogP contribution in [0.5, 0.6) is 0 Å². The molecule has 0 aliphatic carbocycles. The van der Waals surface area contributed by atoms with Gasteiger partial charge in [-0.1, -0.05) is 0 Å². The van der Waals surface area contributed by atoms with Gasteiger partial charge in [-0.15, -0.1) is 0 Å². The van der Waals surface area contributed by atoms with Gasteiger partial charge in [-0.05, 0) is 12.1 Å². The summed E-state index contributed by atoms with van der Waals surface area (Å²) < 4.78 is 1.60. The van der Waals surface area contributed by atoms with Gasteiger partial charge in [0.2, 0.25) is 0 Å². The third-order valence-electron chi connectivity index (χ3n) is 1.11. The molecule has 0 bridgehead atoms. The maximum Gasteiger partial charge on any atom is 0.154 e. The molecule has 0 aliphatic rings. The Balaban J connectivity index is 2.95. The first-order chi connectivity index (χ1) is 4.47. The van der Waals surface area contributed by atoms with E-state index in [4.69, 9.17) is 0 Å². The number of rotatable bonds is 0. The van der Waals surface area contributed by atoms with Crippen LogP contribution in [0.2, 0.25) is 0 Å². The highest BCUT2D eigenvalue weighted by molar-refractivity contribution is 5.34. The smallest absolute Gasteiger partial charge is 0.154 e. The minimum Gasteiger partial charge on any atom is -0.235 e. The zero-order valence-corrected chi connectivity index (χ0v) is 4.65. The Labute approximate surface area is 52.0 Å². The van der Waals surface area contributed by atoms with Gasteiger partial charge in [0, 0.05) is 6.20 Å². The van der Waals surface area contributed by atoms with Crippen LogP contribution in [0.25, 0.3) is 5.65 Å². The monoisotopic (exact) mass is 118 g/mol. The molecule has 0 saturated heterocycles. The summed E-state index contributed by atoms with van der Waals surface area (Å²) >= 11 is 0. The lowest BCUT2D eigenvalue weighted by atomic mass is 10.6. The van der Waals surface area contributed by atoms with E-state index >= 15 is 0 Å². The molecule has 0 aliphatic heterocycles. The Morgan fingerprint density at radius 2 is 2.56 bits per heavy atom. The van der Waals surface area contributed by atoms with Gasteiger partial charge in [0.05, 0.1) is 6.20 Å². The van der Waals surface area contributed by atoms with Crippen LogP contribution in [0.3, 0.4) is 0 Å². The minimum atomic E-state index is 0.831. The lowest BCUT2D eigenvalue weighted by Crippen LogP contribution is -1.85. The first-order valence-corrected chi connectivity index (χ1v) is 2.63. The van der Waals surface area contributed by atoms with Crippen LogP contribution in [0.15, 0.2) is 24.5 Å². The summed E-state index contributed by atoms with van der Waals surface area (Å²) in [7, 11) is 0. The van der Waals surface area contributed by atoms with Crippen molar-refractivity contribution in [2.45, 2.75) is 0 Å². The SMILES string of the molecule is [c]1cnc2cccnn12. The van der Waals surface area contributed by atoms with Crippen molar-refractivity contribution in [3.05, 3.63) is 30.7 Å². The van der Waals surface area contributed by atoms with Gasteiger partial charge < -0.3 is 0 Å². The van der Waals surface area contributed by atoms with Crippen molar-refractivity contribution in [3.8, 4) is 0 Å². The zero-order valence-electron chi connectivity index (χ0n) is 4.65. The Morgan fingerprint density at radius 3 is 3.44 bits per heavy atom. The molecule has 2 heterocycles. The van der Waals surface area contributed by atoms with E-state index in [2.05, 4.69) is 16.3 Å². The highest BCUT2D eigenvalue weighted by Crippen LogP contribution is 1.92. The molecule has 0 aromatic carbocycles. The quantitative estimate of drug-likeness (QED) is 0.505. The lowest BCUT2D eigenvalue weighted by Gasteiger charge is -1.84. The van der Waals surface area contributed by atoms with Crippen LogP contribution < -0.4 is 0 Å². The zero-order chi connectivity index (χ0) is 6.10. The summed E-state index contributed by atoms with van der Waals surface area (Å²) in [5.41, 5.74) is 0.831. The summed E-state index contributed by atoms with van der Waals surface area (Å²) in [4.78, 5) is 3.96. The largest absolute Gasteiger partial charge is 0.235 e. The molecular formula is C6H4N3. The van der Waals surface area contributed by atoms with Crippen LogP contribution >= 0.6 is 0 Å². The molecule has 2 aromatic heterocycles. The molecule has 0 spiro atoms. The first-order valence-electron chi connectivity index (χ1n) is 2.63. The molecule has 2 aromatic rings. The van der Waals surface area contributed by atoms with E-state index in [-0.39, 0.29) is 0 Å². The molecule has 0 fully saturated rings. The fraction of sp³-hybridized carbons (Fsp3) is 0. The Morgan fingerprint density at radius 1 is 1.56 bits per heavy atom. The number of aromatic nitrogens is 3. The van der Waals surface area contributed by atoms with Crippen molar-refractivity contribution >= 4 is 5.65 Å². The number of nitrogens with zero attached hydrogens (tertiary/aromatic N) is 3. The standard InChI is InChI=1S/C6H4N3/c1-2-6-7-4-5-9(6)8-3-1/h1-4H. The van der Waals surface area contributed by atoms with Gasteiger partial charge in [0.25, 0.3) is 0 Å². The molecule has 3 heteroatoms. The molecule has 0 atom stereocenters. The minimum absolute atomic E-state index is 0.831. The molecular weight excluding hydrogens is 114 g/mol. The molecule has 1 radical (unpaired) electrons. The van der Waals surface area contributed by atoms with Crippen molar-refractivity contribution in [2.75, 3.05) is 0 Å². The highest BCUT2D eigenvalue weighted by atomic mass is 15.2. The van der Waals surface area contributed by atoms with Crippen molar-refractivity contribution in [1.29, 1.82) is 0 Å². The molecule has 2 rings (SSSR count). The van der Waals surface area contributed by atoms with Crippen molar-refractivity contribution in [3.63, 3.8) is 0 Å². The van der Waals surface area contributed by atoms with Gasteiger partial charge in [-0.3, -0.25) is 0 Å². The van der Waals surface area contributed by atoms with E-state index in [1.807, 2.05) is 12.1 Å². The Kier molecular flexibility index (Phi) is 0.773. The van der Waals surface area contributed by atoms with Gasteiger partial charge in [0.1, 0.15) is 6.20 Å². The predicted molar refractivity (Wildman–Crippen MR) is 31.8 cm³/mol. The third kappa shape index (κ3) is 0.579. The maximum atomic E-state index is 3.96. The number of fused-ring (bicyclic) bond motifs is 1. The molecule has 0 unspecified atom stereocenters. The molecule has 9 heavy (non-hydrogen) atoms. The van der Waals surface area contributed by atoms with Crippen LogP contribution in [-0.2, 0) is 0 Å². The van der Waals surface area contributed by atoms with Crippen LogP contribution in [0.4, 0.5) is 0 Å². The summed E-state index contributed by atoms with van der Waals surface area (Å²) in [6.07, 6.45) is 6.11. The number of imidazole rings is 1. The number of hydrogen-bond donors (Lipinski definition) is 0. The van der Waals surface area contributed by atoms with Gasteiger partial charge in [-0.25, -0.2) is 9.50 Å². The molecule has 3 nitrogen and oxygen atoms in total. The lowest BCUT2D eigenvalue weighted by molar-refractivity contribution is 0.929. The van der Waals surface area contributed by atoms with E-state index in [9.17, 15) is 0 Å². The fourth-order valence-corrected chi connectivity index (χ4v) is 0.711. The van der Waals surface area contributed by atoms with Crippen molar-refractivity contribution < 1.29 is 0 Å². The number of hydrogen-bond acceptors (Lipinski definition) is 2. The summed E-state index contributed by atoms with van der Waals surface area (Å²) in [6, 6.07) is 3.72. The van der Waals surface area contributed by atoms with Gasteiger partial charge >= 0.3 is 0 Å². The van der Waals surface area contributed by atoms with Crippen molar-refractivity contribution in [2.24, 2.45) is 0 Å². The van der Waals surface area contributed by atoms with E-state index in [0.717, 1.165) is 5.65 Å². The summed E-state index contributed by atoms with van der Waals surface area (Å²) in [5, 5.41) is 3.94. The molecule has 43 valence electrons. The van der Waals surface area contributed by atoms with E-state index in [0.29, 0.717) is 0 Å². The third-order valence-corrected chi connectivity index (χ3v) is 1.11. The first kappa shape index (κ1) is 4.49. The second-order valence-electron chi connectivity index (χ2n) is 1.68. The average molecular weight is 118 g/mol. The molecule has 0 N–H and O–H groups in total. The Bertz CT molecular complexity index is 282. The van der Waals surface area contributed by atoms with Crippen molar-refractivity contribution in [1.82, 2.24) is 14.6 Å². The summed E-state index contributed by atoms with van der Waals surface area (Å²) in [6.45, 7) is 0. The van der Waals surface area contributed by atoms with E-state index in [1.165, 1.54) is 0 Å². The van der Waals surface area contributed by atoms with Crippen LogP contribution in [0, 0.1) is 6.20 Å². The normalized spacial score (nSPS) is 10.2. The second-order valence-corrected chi connectivity index (χ2v) is 1.68. The van der Waals surface area contributed by atoms with Gasteiger partial charge in [0.15, 0.2) is 5.65 Å². The average Bonchev–Trinajstić information content (AvgIpc) is 2.33. The van der Waals surface area contributed by atoms with E-state index in [1.54, 1.807) is 16.9 Å². The maximum absolute atomic E-state index is 3.96.